The van der Waals surface area contributed by atoms with Gasteiger partial charge in [0.15, 0.2) is 5.75 Å². The minimum Gasteiger partial charge on any atom is -0.503 e. The molecule has 5 aromatic rings. The highest BCUT2D eigenvalue weighted by molar-refractivity contribution is 5.81. The summed E-state index contributed by atoms with van der Waals surface area (Å²) in [6.45, 7) is 0. The number of hydrogen-bond donors (Lipinski definition) is 2. The number of H-pyrrole nitrogens is 1. The van der Waals surface area contributed by atoms with Crippen LogP contribution in [0.15, 0.2) is 96.1 Å². The average molecular weight is 379 g/mol. The number of aromatic nitrogens is 3. The van der Waals surface area contributed by atoms with Crippen LogP contribution in [0.2, 0.25) is 0 Å². The van der Waals surface area contributed by atoms with Crippen molar-refractivity contribution in [2.45, 2.75) is 0 Å². The Labute approximate surface area is 166 Å². The van der Waals surface area contributed by atoms with Crippen molar-refractivity contribution in [3.8, 4) is 34.0 Å². The zero-order valence-electron chi connectivity index (χ0n) is 15.4. The normalized spacial score (nSPS) is 11.0. The molecule has 0 fully saturated rings. The summed E-state index contributed by atoms with van der Waals surface area (Å²) in [5.41, 5.74) is 5.49. The molecule has 29 heavy (non-hydrogen) atoms. The molecule has 2 aromatic heterocycles. The molecule has 3 aromatic carbocycles. The first-order valence-electron chi connectivity index (χ1n) is 9.25. The van der Waals surface area contributed by atoms with Gasteiger partial charge in [0, 0.05) is 23.5 Å². The van der Waals surface area contributed by atoms with Crippen LogP contribution in [0.4, 0.5) is 0 Å². The molecule has 0 unspecified atom stereocenters. The van der Waals surface area contributed by atoms with E-state index >= 15 is 0 Å². The highest BCUT2D eigenvalue weighted by Crippen LogP contribution is 2.26. The summed E-state index contributed by atoms with van der Waals surface area (Å²) in [6.07, 6.45) is 3.03. The highest BCUT2D eigenvalue weighted by Gasteiger charge is 2.08. The summed E-state index contributed by atoms with van der Waals surface area (Å²) in [6, 6.07) is 25.6. The third-order valence-corrected chi connectivity index (χ3v) is 4.93. The van der Waals surface area contributed by atoms with Gasteiger partial charge in [0.2, 0.25) is 5.43 Å². The molecule has 2 heterocycles. The molecule has 2 N–H and O–H groups in total. The predicted molar refractivity (Wildman–Crippen MR) is 114 cm³/mol. The quantitative estimate of drug-likeness (QED) is 0.475. The van der Waals surface area contributed by atoms with Crippen molar-refractivity contribution in [3.63, 3.8) is 0 Å². The number of rotatable bonds is 3. The van der Waals surface area contributed by atoms with Crippen LogP contribution in [0.1, 0.15) is 0 Å². The fraction of sp³-hybridized carbons (Fsp3) is 0. The molecular weight excluding hydrogens is 362 g/mol. The van der Waals surface area contributed by atoms with E-state index in [0.29, 0.717) is 0 Å². The molecule has 5 nitrogen and oxygen atoms in total. The summed E-state index contributed by atoms with van der Waals surface area (Å²) in [4.78, 5) is 19.5. The Hall–Kier alpha value is -4.12. The Kier molecular flexibility index (Phi) is 3.99. The minimum atomic E-state index is -0.398. The van der Waals surface area contributed by atoms with E-state index in [2.05, 4.69) is 46.4 Å². The van der Waals surface area contributed by atoms with E-state index in [1.165, 1.54) is 17.8 Å². The smallest absolute Gasteiger partial charge is 0.223 e. The van der Waals surface area contributed by atoms with Crippen molar-refractivity contribution in [3.05, 3.63) is 101 Å². The number of benzene rings is 3. The number of pyridine rings is 1. The molecule has 0 spiro atoms. The molecule has 5 heteroatoms. The Morgan fingerprint density at radius 2 is 1.55 bits per heavy atom. The van der Waals surface area contributed by atoms with Gasteiger partial charge >= 0.3 is 0 Å². The van der Waals surface area contributed by atoms with Gasteiger partial charge in [-0.05, 0) is 29.3 Å². The summed E-state index contributed by atoms with van der Waals surface area (Å²) < 4.78 is 1.70. The number of imidazole rings is 1. The van der Waals surface area contributed by atoms with Gasteiger partial charge in [0.25, 0.3) is 0 Å². The van der Waals surface area contributed by atoms with E-state index in [-0.39, 0.29) is 5.75 Å². The second-order valence-electron chi connectivity index (χ2n) is 6.83. The van der Waals surface area contributed by atoms with E-state index in [4.69, 9.17) is 0 Å². The summed E-state index contributed by atoms with van der Waals surface area (Å²) in [7, 11) is 0. The van der Waals surface area contributed by atoms with Gasteiger partial charge in [0.1, 0.15) is 5.82 Å². The van der Waals surface area contributed by atoms with Crippen molar-refractivity contribution in [2.24, 2.45) is 0 Å². The van der Waals surface area contributed by atoms with Gasteiger partial charge in [-0.25, -0.2) is 4.98 Å². The van der Waals surface area contributed by atoms with E-state index in [0.717, 1.165) is 33.7 Å². The number of nitrogens with one attached hydrogen (secondary N) is 1. The Bertz CT molecular complexity index is 1370. The summed E-state index contributed by atoms with van der Waals surface area (Å²) in [5.74, 6) is 0.510. The van der Waals surface area contributed by atoms with Crippen molar-refractivity contribution in [1.82, 2.24) is 14.5 Å². The van der Waals surface area contributed by atoms with Crippen molar-refractivity contribution in [1.29, 1.82) is 0 Å². The molecule has 0 radical (unpaired) electrons. The van der Waals surface area contributed by atoms with Crippen molar-refractivity contribution in [2.75, 3.05) is 0 Å². The van der Waals surface area contributed by atoms with Crippen LogP contribution in [0.3, 0.4) is 0 Å². The molecule has 0 amide bonds. The van der Waals surface area contributed by atoms with Crippen LogP contribution in [0.5, 0.6) is 5.75 Å². The molecule has 0 saturated carbocycles. The van der Waals surface area contributed by atoms with Crippen LogP contribution in [0, 0.1) is 0 Å². The van der Waals surface area contributed by atoms with Crippen LogP contribution in [-0.4, -0.2) is 19.6 Å². The van der Waals surface area contributed by atoms with Gasteiger partial charge in [-0.15, -0.1) is 0 Å². The fourth-order valence-electron chi connectivity index (χ4n) is 3.38. The standard InChI is InChI=1S/C24H17N3O2/c28-22-12-13-27(15-23(22)29)19-10-11-20-21(14-19)26-24(25-20)18-8-6-17(7-9-18)16-4-2-1-3-5-16/h1-15,29H,(H,25,26). The molecular formula is C24H17N3O2. The monoisotopic (exact) mass is 379 g/mol. The number of hydrogen-bond acceptors (Lipinski definition) is 3. The van der Waals surface area contributed by atoms with Crippen LogP contribution < -0.4 is 5.43 Å². The first kappa shape index (κ1) is 17.0. The zero-order chi connectivity index (χ0) is 19.8. The molecule has 5 rings (SSSR count). The van der Waals surface area contributed by atoms with Gasteiger partial charge in [-0.3, -0.25) is 4.79 Å². The van der Waals surface area contributed by atoms with Gasteiger partial charge in [-0.1, -0.05) is 54.6 Å². The lowest BCUT2D eigenvalue weighted by atomic mass is 10.0. The van der Waals surface area contributed by atoms with Gasteiger partial charge < -0.3 is 14.7 Å². The van der Waals surface area contributed by atoms with E-state index in [1.54, 1.807) is 10.8 Å². The SMILES string of the molecule is O=c1ccn(-c2ccc3nc(-c4ccc(-c5ccccc5)cc4)[nH]c3c2)cc1O. The molecule has 0 aliphatic heterocycles. The maximum atomic E-state index is 11.4. The number of aromatic amines is 1. The van der Waals surface area contributed by atoms with Crippen LogP contribution in [-0.2, 0) is 0 Å². The average Bonchev–Trinajstić information content (AvgIpc) is 3.20. The Morgan fingerprint density at radius 1 is 0.828 bits per heavy atom. The van der Waals surface area contributed by atoms with E-state index in [1.807, 2.05) is 36.4 Å². The zero-order valence-corrected chi connectivity index (χ0v) is 15.4. The number of fused-ring (bicyclic) bond motifs is 1. The topological polar surface area (TPSA) is 70.9 Å². The lowest BCUT2D eigenvalue weighted by Gasteiger charge is -2.06. The molecule has 0 aliphatic carbocycles. The summed E-state index contributed by atoms with van der Waals surface area (Å²) in [5, 5.41) is 9.68. The third-order valence-electron chi connectivity index (χ3n) is 4.93. The second-order valence-corrected chi connectivity index (χ2v) is 6.83. The molecule has 140 valence electrons. The van der Waals surface area contributed by atoms with Crippen molar-refractivity contribution < 1.29 is 5.11 Å². The number of aromatic hydroxyl groups is 1. The van der Waals surface area contributed by atoms with Gasteiger partial charge in [-0.2, -0.15) is 0 Å². The second kappa shape index (κ2) is 6.80. The Balaban J connectivity index is 1.50. The van der Waals surface area contributed by atoms with Crippen LogP contribution >= 0.6 is 0 Å². The lowest BCUT2D eigenvalue weighted by molar-refractivity contribution is 0.465. The summed E-state index contributed by atoms with van der Waals surface area (Å²) >= 11 is 0. The molecule has 0 atom stereocenters. The number of nitrogens with zero attached hydrogens (tertiary/aromatic N) is 2. The van der Waals surface area contributed by atoms with E-state index in [9.17, 15) is 9.90 Å². The lowest BCUT2D eigenvalue weighted by Crippen LogP contribution is -2.03. The first-order valence-corrected chi connectivity index (χ1v) is 9.25. The maximum Gasteiger partial charge on any atom is 0.223 e. The Morgan fingerprint density at radius 3 is 2.31 bits per heavy atom. The van der Waals surface area contributed by atoms with Crippen molar-refractivity contribution >= 4 is 11.0 Å². The predicted octanol–water partition coefficient (Wildman–Crippen LogP) is 4.75. The first-order chi connectivity index (χ1) is 14.2. The minimum absolute atomic E-state index is 0.281. The van der Waals surface area contributed by atoms with E-state index < -0.39 is 5.43 Å². The fourth-order valence-corrected chi connectivity index (χ4v) is 3.38. The third kappa shape index (κ3) is 3.19. The van der Waals surface area contributed by atoms with Crippen LogP contribution in [0.25, 0.3) is 39.2 Å². The largest absolute Gasteiger partial charge is 0.503 e. The van der Waals surface area contributed by atoms with Gasteiger partial charge in [0.05, 0.1) is 17.2 Å². The highest BCUT2D eigenvalue weighted by atomic mass is 16.3. The molecule has 0 saturated heterocycles. The molecule has 0 bridgehead atoms. The maximum absolute atomic E-state index is 11.4. The molecule has 0 aliphatic rings.